The largest absolute Gasteiger partial charge is 0.496 e. The molecule has 2 aromatic carbocycles. The molecule has 0 aliphatic carbocycles. The summed E-state index contributed by atoms with van der Waals surface area (Å²) >= 11 is 0. The third-order valence-corrected chi connectivity index (χ3v) is 3.46. The second kappa shape index (κ2) is 5.78. The van der Waals surface area contributed by atoms with Crippen LogP contribution in [-0.2, 0) is 11.3 Å². The highest BCUT2D eigenvalue weighted by Gasteiger charge is 2.24. The maximum atomic E-state index is 5.56. The monoisotopic (exact) mass is 267 g/mol. The van der Waals surface area contributed by atoms with E-state index in [1.807, 2.05) is 42.5 Å². The first-order chi connectivity index (χ1) is 9.86. The Hall–Kier alpha value is -2.29. The van der Waals surface area contributed by atoms with Crippen molar-refractivity contribution < 1.29 is 9.57 Å². The smallest absolute Gasteiger partial charge is 0.137 e. The fourth-order valence-corrected chi connectivity index (χ4v) is 2.46. The fourth-order valence-electron chi connectivity index (χ4n) is 2.46. The second-order valence-electron chi connectivity index (χ2n) is 4.86. The Morgan fingerprint density at radius 1 is 1.10 bits per heavy atom. The van der Waals surface area contributed by atoms with E-state index in [1.165, 1.54) is 5.56 Å². The topological polar surface area (TPSA) is 30.8 Å². The van der Waals surface area contributed by atoms with Crippen LogP contribution in [0, 0.1) is 0 Å². The van der Waals surface area contributed by atoms with Gasteiger partial charge < -0.3 is 9.57 Å². The normalized spacial score (nSPS) is 17.4. The molecule has 3 rings (SSSR count). The van der Waals surface area contributed by atoms with Crippen LogP contribution in [0.15, 0.2) is 59.8 Å². The Bertz CT molecular complexity index is 607. The van der Waals surface area contributed by atoms with Gasteiger partial charge in [-0.05, 0) is 17.7 Å². The van der Waals surface area contributed by atoms with Crippen LogP contribution in [0.25, 0.3) is 0 Å². The molecule has 20 heavy (non-hydrogen) atoms. The van der Waals surface area contributed by atoms with Gasteiger partial charge in [0.1, 0.15) is 11.9 Å². The lowest BCUT2D eigenvalue weighted by Gasteiger charge is -2.08. The minimum atomic E-state index is 0.109. The lowest BCUT2D eigenvalue weighted by molar-refractivity contribution is 0.0859. The Morgan fingerprint density at radius 2 is 1.85 bits per heavy atom. The molecule has 102 valence electrons. The van der Waals surface area contributed by atoms with Gasteiger partial charge in [0.15, 0.2) is 0 Å². The molecule has 0 spiro atoms. The SMILES string of the molecule is COc1ccccc1C1=NO[C@@H](Cc2ccccc2)C1. The van der Waals surface area contributed by atoms with Crippen LogP contribution in [-0.4, -0.2) is 18.9 Å². The molecule has 1 heterocycles. The first kappa shape index (κ1) is 12.7. The predicted molar refractivity (Wildman–Crippen MR) is 79.2 cm³/mol. The highest BCUT2D eigenvalue weighted by atomic mass is 16.6. The van der Waals surface area contributed by atoms with Gasteiger partial charge in [-0.15, -0.1) is 0 Å². The molecule has 0 amide bonds. The van der Waals surface area contributed by atoms with Gasteiger partial charge in [0, 0.05) is 18.4 Å². The molecule has 2 aromatic rings. The molecular formula is C17H17NO2. The van der Waals surface area contributed by atoms with Crippen molar-refractivity contribution in [3.63, 3.8) is 0 Å². The lowest BCUT2D eigenvalue weighted by atomic mass is 10.00. The summed E-state index contributed by atoms with van der Waals surface area (Å²) in [5.74, 6) is 0.843. The van der Waals surface area contributed by atoms with E-state index in [9.17, 15) is 0 Å². The zero-order chi connectivity index (χ0) is 13.8. The Labute approximate surface area is 118 Å². The number of methoxy groups -OCH3 is 1. The van der Waals surface area contributed by atoms with Gasteiger partial charge in [0.25, 0.3) is 0 Å². The molecule has 3 heteroatoms. The summed E-state index contributed by atoms with van der Waals surface area (Å²) in [5, 5.41) is 4.23. The highest BCUT2D eigenvalue weighted by Crippen LogP contribution is 2.25. The van der Waals surface area contributed by atoms with Gasteiger partial charge in [-0.25, -0.2) is 0 Å². The van der Waals surface area contributed by atoms with Gasteiger partial charge >= 0.3 is 0 Å². The molecule has 0 bridgehead atoms. The maximum Gasteiger partial charge on any atom is 0.137 e. The van der Waals surface area contributed by atoms with Crippen LogP contribution in [0.1, 0.15) is 17.5 Å². The summed E-state index contributed by atoms with van der Waals surface area (Å²) in [6.07, 6.45) is 1.80. The van der Waals surface area contributed by atoms with Crippen LogP contribution in [0.4, 0.5) is 0 Å². The van der Waals surface area contributed by atoms with Crippen LogP contribution in [0.3, 0.4) is 0 Å². The summed E-state index contributed by atoms with van der Waals surface area (Å²) in [6, 6.07) is 18.3. The quantitative estimate of drug-likeness (QED) is 0.849. The van der Waals surface area contributed by atoms with Crippen LogP contribution < -0.4 is 4.74 Å². The first-order valence-corrected chi connectivity index (χ1v) is 6.77. The molecule has 0 saturated heterocycles. The van der Waals surface area contributed by atoms with Crippen LogP contribution in [0.2, 0.25) is 0 Å². The van der Waals surface area contributed by atoms with Crippen molar-refractivity contribution in [2.45, 2.75) is 18.9 Å². The van der Waals surface area contributed by atoms with E-state index < -0.39 is 0 Å². The van der Waals surface area contributed by atoms with Crippen molar-refractivity contribution >= 4 is 5.71 Å². The van der Waals surface area contributed by atoms with Gasteiger partial charge in [0.05, 0.1) is 12.8 Å². The number of para-hydroxylation sites is 1. The summed E-state index contributed by atoms with van der Waals surface area (Å²) in [5.41, 5.74) is 3.25. The number of ether oxygens (including phenoxy) is 1. The molecule has 1 aliphatic rings. The second-order valence-corrected chi connectivity index (χ2v) is 4.86. The van der Waals surface area contributed by atoms with Crippen LogP contribution >= 0.6 is 0 Å². The van der Waals surface area contributed by atoms with Crippen molar-refractivity contribution in [1.29, 1.82) is 0 Å². The number of oxime groups is 1. The van der Waals surface area contributed by atoms with Crippen LogP contribution in [0.5, 0.6) is 5.75 Å². The third kappa shape index (κ3) is 2.67. The van der Waals surface area contributed by atoms with E-state index in [1.54, 1.807) is 7.11 Å². The molecule has 1 aliphatic heterocycles. The van der Waals surface area contributed by atoms with Crippen molar-refractivity contribution in [3.8, 4) is 5.75 Å². The molecule has 0 unspecified atom stereocenters. The Morgan fingerprint density at radius 3 is 2.65 bits per heavy atom. The first-order valence-electron chi connectivity index (χ1n) is 6.77. The molecule has 0 radical (unpaired) electrons. The zero-order valence-electron chi connectivity index (χ0n) is 11.5. The average Bonchev–Trinajstić information content (AvgIpc) is 2.96. The van der Waals surface area contributed by atoms with E-state index in [-0.39, 0.29) is 6.10 Å². The molecule has 1 atom stereocenters. The van der Waals surface area contributed by atoms with E-state index >= 15 is 0 Å². The van der Waals surface area contributed by atoms with E-state index in [2.05, 4.69) is 17.3 Å². The molecule has 0 saturated carbocycles. The molecular weight excluding hydrogens is 250 g/mol. The van der Waals surface area contributed by atoms with E-state index in [4.69, 9.17) is 9.57 Å². The van der Waals surface area contributed by atoms with E-state index in [0.717, 1.165) is 29.9 Å². The van der Waals surface area contributed by atoms with Gasteiger partial charge in [-0.1, -0.05) is 47.6 Å². The maximum absolute atomic E-state index is 5.56. The highest BCUT2D eigenvalue weighted by molar-refractivity contribution is 6.03. The molecule has 0 aromatic heterocycles. The van der Waals surface area contributed by atoms with Gasteiger partial charge in [-0.3, -0.25) is 0 Å². The third-order valence-electron chi connectivity index (χ3n) is 3.46. The van der Waals surface area contributed by atoms with Gasteiger partial charge in [-0.2, -0.15) is 0 Å². The number of rotatable bonds is 4. The Kier molecular flexibility index (Phi) is 3.68. The molecule has 0 fully saturated rings. The van der Waals surface area contributed by atoms with E-state index in [0.29, 0.717) is 0 Å². The lowest BCUT2D eigenvalue weighted by Crippen LogP contribution is -2.12. The Balaban J connectivity index is 1.70. The fraction of sp³-hybridized carbons (Fsp3) is 0.235. The standard InChI is InChI=1S/C17H17NO2/c1-19-17-10-6-5-9-15(17)16-12-14(20-18-16)11-13-7-3-2-4-8-13/h2-10,14H,11-12H2,1H3/t14-/m0/s1. The number of hydrogen-bond donors (Lipinski definition) is 0. The summed E-state index contributed by atoms with van der Waals surface area (Å²) < 4.78 is 5.37. The number of hydrogen-bond acceptors (Lipinski definition) is 3. The minimum Gasteiger partial charge on any atom is -0.496 e. The zero-order valence-corrected chi connectivity index (χ0v) is 11.5. The minimum absolute atomic E-state index is 0.109. The average molecular weight is 267 g/mol. The summed E-state index contributed by atoms with van der Waals surface area (Å²) in [4.78, 5) is 5.56. The van der Waals surface area contributed by atoms with Crippen molar-refractivity contribution in [1.82, 2.24) is 0 Å². The number of nitrogens with zero attached hydrogens (tertiary/aromatic N) is 1. The van der Waals surface area contributed by atoms with Crippen molar-refractivity contribution in [2.75, 3.05) is 7.11 Å². The van der Waals surface area contributed by atoms with Gasteiger partial charge in [0.2, 0.25) is 0 Å². The summed E-state index contributed by atoms with van der Waals surface area (Å²) in [7, 11) is 1.68. The van der Waals surface area contributed by atoms with Crippen molar-refractivity contribution in [2.24, 2.45) is 5.16 Å². The predicted octanol–water partition coefficient (Wildman–Crippen LogP) is 3.43. The number of benzene rings is 2. The molecule has 0 N–H and O–H groups in total. The molecule has 3 nitrogen and oxygen atoms in total. The summed E-state index contributed by atoms with van der Waals surface area (Å²) in [6.45, 7) is 0. The van der Waals surface area contributed by atoms with Crippen molar-refractivity contribution in [3.05, 3.63) is 65.7 Å².